The highest BCUT2D eigenvalue weighted by atomic mass is 32.2. The van der Waals surface area contributed by atoms with E-state index in [1.54, 1.807) is 6.20 Å². The van der Waals surface area contributed by atoms with E-state index >= 15 is 0 Å². The maximum Gasteiger partial charge on any atom is 0.122 e. The summed E-state index contributed by atoms with van der Waals surface area (Å²) in [6.45, 7) is 6.72. The standard InChI is InChI=1S/C10H17N3S/c1-7(9-11-4-5-12-9)13-8-6-14-10(8,2)3/h4-5,7-8,13H,6H2,1-3H3,(H,11,12). The van der Waals surface area contributed by atoms with E-state index in [0.29, 0.717) is 16.8 Å². The lowest BCUT2D eigenvalue weighted by Crippen LogP contribution is -2.55. The summed E-state index contributed by atoms with van der Waals surface area (Å²) in [6, 6.07) is 0.919. The van der Waals surface area contributed by atoms with Crippen LogP contribution in [0.4, 0.5) is 0 Å². The Balaban J connectivity index is 1.92. The molecule has 0 amide bonds. The molecule has 2 heterocycles. The van der Waals surface area contributed by atoms with E-state index < -0.39 is 0 Å². The Labute approximate surface area is 89.1 Å². The number of imidazole rings is 1. The minimum absolute atomic E-state index is 0.315. The predicted molar refractivity (Wildman–Crippen MR) is 60.5 cm³/mol. The Morgan fingerprint density at radius 1 is 1.71 bits per heavy atom. The van der Waals surface area contributed by atoms with Crippen molar-refractivity contribution in [3.63, 3.8) is 0 Å². The topological polar surface area (TPSA) is 40.7 Å². The van der Waals surface area contributed by atoms with Crippen LogP contribution in [0.25, 0.3) is 0 Å². The summed E-state index contributed by atoms with van der Waals surface area (Å²) in [6.07, 6.45) is 3.67. The minimum Gasteiger partial charge on any atom is -0.347 e. The van der Waals surface area contributed by atoms with Crippen LogP contribution in [-0.4, -0.2) is 26.5 Å². The fourth-order valence-electron chi connectivity index (χ4n) is 1.64. The van der Waals surface area contributed by atoms with Gasteiger partial charge in [0.05, 0.1) is 6.04 Å². The fourth-order valence-corrected chi connectivity index (χ4v) is 2.81. The van der Waals surface area contributed by atoms with Crippen LogP contribution in [0.5, 0.6) is 0 Å². The van der Waals surface area contributed by atoms with Crippen molar-refractivity contribution in [1.29, 1.82) is 0 Å². The maximum absolute atomic E-state index is 4.25. The summed E-state index contributed by atoms with van der Waals surface area (Å²) < 4.78 is 0.376. The zero-order valence-corrected chi connectivity index (χ0v) is 9.69. The van der Waals surface area contributed by atoms with Gasteiger partial charge in [0.2, 0.25) is 0 Å². The Kier molecular flexibility index (Phi) is 2.58. The van der Waals surface area contributed by atoms with E-state index in [-0.39, 0.29) is 0 Å². The molecule has 3 nitrogen and oxygen atoms in total. The van der Waals surface area contributed by atoms with Crippen LogP contribution in [0.3, 0.4) is 0 Å². The number of hydrogen-bond acceptors (Lipinski definition) is 3. The highest BCUT2D eigenvalue weighted by Gasteiger charge is 2.40. The Bertz CT molecular complexity index is 294. The molecular weight excluding hydrogens is 194 g/mol. The van der Waals surface area contributed by atoms with E-state index in [1.165, 1.54) is 5.75 Å². The van der Waals surface area contributed by atoms with Gasteiger partial charge in [0.15, 0.2) is 0 Å². The van der Waals surface area contributed by atoms with E-state index in [2.05, 4.69) is 36.1 Å². The van der Waals surface area contributed by atoms with Crippen molar-refractivity contribution < 1.29 is 0 Å². The molecule has 0 aliphatic carbocycles. The van der Waals surface area contributed by atoms with E-state index in [4.69, 9.17) is 0 Å². The predicted octanol–water partition coefficient (Wildman–Crippen LogP) is 1.95. The zero-order valence-electron chi connectivity index (χ0n) is 8.87. The SMILES string of the molecule is CC(NC1CSC1(C)C)c1ncc[nH]1. The summed E-state index contributed by atoms with van der Waals surface area (Å²) in [7, 11) is 0. The Hall–Kier alpha value is -0.480. The molecule has 1 aromatic heterocycles. The van der Waals surface area contributed by atoms with Gasteiger partial charge in [-0.25, -0.2) is 4.98 Å². The van der Waals surface area contributed by atoms with Gasteiger partial charge in [-0.3, -0.25) is 0 Å². The van der Waals surface area contributed by atoms with Crippen LogP contribution in [0.15, 0.2) is 12.4 Å². The van der Waals surface area contributed by atoms with Crippen LogP contribution >= 0.6 is 11.8 Å². The largest absolute Gasteiger partial charge is 0.347 e. The fraction of sp³-hybridized carbons (Fsp3) is 0.700. The van der Waals surface area contributed by atoms with Crippen molar-refractivity contribution in [2.24, 2.45) is 0 Å². The summed E-state index contributed by atoms with van der Waals surface area (Å²) >= 11 is 2.02. The first-order valence-corrected chi connectivity index (χ1v) is 5.97. The monoisotopic (exact) mass is 211 g/mol. The van der Waals surface area contributed by atoms with Gasteiger partial charge in [-0.05, 0) is 20.8 Å². The smallest absolute Gasteiger partial charge is 0.122 e. The van der Waals surface area contributed by atoms with Crippen molar-refractivity contribution in [1.82, 2.24) is 15.3 Å². The van der Waals surface area contributed by atoms with Crippen molar-refractivity contribution in [3.8, 4) is 0 Å². The number of nitrogens with zero attached hydrogens (tertiary/aromatic N) is 1. The summed E-state index contributed by atoms with van der Waals surface area (Å²) in [4.78, 5) is 7.39. The molecule has 0 saturated carbocycles. The molecule has 14 heavy (non-hydrogen) atoms. The van der Waals surface area contributed by atoms with Crippen molar-refractivity contribution in [3.05, 3.63) is 18.2 Å². The quantitative estimate of drug-likeness (QED) is 0.803. The van der Waals surface area contributed by atoms with Crippen LogP contribution < -0.4 is 5.32 Å². The van der Waals surface area contributed by atoms with Crippen LogP contribution in [-0.2, 0) is 0 Å². The van der Waals surface area contributed by atoms with E-state index in [1.807, 2.05) is 18.0 Å². The third kappa shape index (κ3) is 1.81. The van der Waals surface area contributed by atoms with Crippen molar-refractivity contribution in [2.45, 2.75) is 37.6 Å². The third-order valence-corrected chi connectivity index (χ3v) is 4.37. The molecule has 0 spiro atoms. The van der Waals surface area contributed by atoms with E-state index in [0.717, 1.165) is 5.82 Å². The Morgan fingerprint density at radius 3 is 2.93 bits per heavy atom. The number of nitrogens with one attached hydrogen (secondary N) is 2. The third-order valence-electron chi connectivity index (χ3n) is 2.84. The molecule has 0 radical (unpaired) electrons. The molecule has 1 aliphatic rings. The number of aromatic nitrogens is 2. The highest BCUT2D eigenvalue weighted by Crippen LogP contribution is 2.40. The van der Waals surface area contributed by atoms with E-state index in [9.17, 15) is 0 Å². The van der Waals surface area contributed by atoms with Gasteiger partial charge in [-0.2, -0.15) is 11.8 Å². The van der Waals surface area contributed by atoms with Gasteiger partial charge in [0.1, 0.15) is 5.82 Å². The van der Waals surface area contributed by atoms with Crippen LogP contribution in [0.2, 0.25) is 0 Å². The normalized spacial score (nSPS) is 26.9. The second kappa shape index (κ2) is 3.59. The molecule has 2 rings (SSSR count). The molecule has 0 bridgehead atoms. The highest BCUT2D eigenvalue weighted by molar-refractivity contribution is 8.02. The second-order valence-corrected chi connectivity index (χ2v) is 6.00. The summed E-state index contributed by atoms with van der Waals surface area (Å²) in [5.74, 6) is 2.23. The lowest BCUT2D eigenvalue weighted by atomic mass is 10.0. The summed E-state index contributed by atoms with van der Waals surface area (Å²) in [5.41, 5.74) is 0. The number of hydrogen-bond donors (Lipinski definition) is 2. The van der Waals surface area contributed by atoms with Crippen molar-refractivity contribution >= 4 is 11.8 Å². The molecule has 78 valence electrons. The van der Waals surface area contributed by atoms with Gasteiger partial charge in [-0.15, -0.1) is 0 Å². The number of aromatic amines is 1. The van der Waals surface area contributed by atoms with Crippen LogP contribution in [0, 0.1) is 0 Å². The molecule has 4 heteroatoms. The molecule has 0 aromatic carbocycles. The summed E-state index contributed by atoms with van der Waals surface area (Å²) in [5, 5.41) is 3.59. The maximum atomic E-state index is 4.25. The minimum atomic E-state index is 0.315. The lowest BCUT2D eigenvalue weighted by Gasteiger charge is -2.45. The van der Waals surface area contributed by atoms with Crippen LogP contribution in [0.1, 0.15) is 32.6 Å². The molecule has 1 aromatic rings. The number of thioether (sulfide) groups is 1. The average molecular weight is 211 g/mol. The molecule has 1 saturated heterocycles. The molecule has 2 atom stereocenters. The zero-order chi connectivity index (χ0) is 10.2. The Morgan fingerprint density at radius 2 is 2.50 bits per heavy atom. The number of rotatable bonds is 3. The van der Waals surface area contributed by atoms with Crippen molar-refractivity contribution in [2.75, 3.05) is 5.75 Å². The van der Waals surface area contributed by atoms with Gasteiger partial charge < -0.3 is 10.3 Å². The second-order valence-electron chi connectivity index (χ2n) is 4.33. The first-order chi connectivity index (χ1) is 6.59. The molecule has 1 aliphatic heterocycles. The number of H-pyrrole nitrogens is 1. The molecule has 1 fully saturated rings. The average Bonchev–Trinajstić information content (AvgIpc) is 2.65. The lowest BCUT2D eigenvalue weighted by molar-refractivity contribution is 0.389. The van der Waals surface area contributed by atoms with Gasteiger partial charge >= 0.3 is 0 Å². The molecule has 2 N–H and O–H groups in total. The molecular formula is C10H17N3S. The van der Waals surface area contributed by atoms with Gasteiger partial charge in [0, 0.05) is 28.9 Å². The molecule has 2 unspecified atom stereocenters. The first-order valence-electron chi connectivity index (χ1n) is 4.99. The van der Waals surface area contributed by atoms with Gasteiger partial charge in [-0.1, -0.05) is 0 Å². The van der Waals surface area contributed by atoms with Gasteiger partial charge in [0.25, 0.3) is 0 Å². The first kappa shape index (κ1) is 10.1.